The van der Waals surface area contributed by atoms with Crippen molar-refractivity contribution in [3.05, 3.63) is 99.9 Å². The molecule has 34 heavy (non-hydrogen) atoms. The number of hydrogen-bond acceptors (Lipinski definition) is 6. The maximum Gasteiger partial charge on any atom is 0.293 e. The summed E-state index contributed by atoms with van der Waals surface area (Å²) in [6.07, 6.45) is 3.38. The predicted octanol–water partition coefficient (Wildman–Crippen LogP) is 4.56. The lowest BCUT2D eigenvalue weighted by Gasteiger charge is -2.32. The number of nitrogens with one attached hydrogen (secondary N) is 2. The number of piperidine rings is 1. The van der Waals surface area contributed by atoms with Crippen molar-refractivity contribution in [1.29, 1.82) is 0 Å². The SMILES string of the molecule is CC(Nc1ccc(C(=O)NC2CCN(Cc3ccccc3)CC2)cc1[N+](=O)[O-])c1ccccn1. The van der Waals surface area contributed by atoms with Crippen molar-refractivity contribution in [3.8, 4) is 0 Å². The van der Waals surface area contributed by atoms with E-state index in [9.17, 15) is 14.9 Å². The molecule has 2 heterocycles. The minimum atomic E-state index is -0.466. The van der Waals surface area contributed by atoms with Crippen molar-refractivity contribution in [2.24, 2.45) is 0 Å². The van der Waals surface area contributed by atoms with E-state index < -0.39 is 4.92 Å². The molecule has 1 atom stereocenters. The molecule has 2 aromatic carbocycles. The van der Waals surface area contributed by atoms with Gasteiger partial charge in [0.25, 0.3) is 11.6 Å². The summed E-state index contributed by atoms with van der Waals surface area (Å²) in [7, 11) is 0. The number of nitrogens with zero attached hydrogens (tertiary/aromatic N) is 3. The maximum atomic E-state index is 12.8. The summed E-state index contributed by atoms with van der Waals surface area (Å²) in [5, 5.41) is 17.9. The van der Waals surface area contributed by atoms with Crippen LogP contribution in [0.25, 0.3) is 0 Å². The topological polar surface area (TPSA) is 100 Å². The number of amides is 1. The highest BCUT2D eigenvalue weighted by molar-refractivity contribution is 5.96. The fourth-order valence-electron chi connectivity index (χ4n) is 4.23. The van der Waals surface area contributed by atoms with Gasteiger partial charge in [-0.2, -0.15) is 0 Å². The van der Waals surface area contributed by atoms with Gasteiger partial charge in [-0.15, -0.1) is 0 Å². The summed E-state index contributed by atoms with van der Waals surface area (Å²) in [5.41, 5.74) is 2.57. The average Bonchev–Trinajstić information content (AvgIpc) is 2.86. The van der Waals surface area contributed by atoms with Gasteiger partial charge in [0.15, 0.2) is 0 Å². The quantitative estimate of drug-likeness (QED) is 0.378. The van der Waals surface area contributed by atoms with Crippen molar-refractivity contribution in [2.75, 3.05) is 18.4 Å². The second-order valence-electron chi connectivity index (χ2n) is 8.62. The van der Waals surface area contributed by atoms with Gasteiger partial charge >= 0.3 is 0 Å². The monoisotopic (exact) mass is 459 g/mol. The Balaban J connectivity index is 1.36. The molecule has 1 aromatic heterocycles. The molecule has 1 fully saturated rings. The molecule has 1 aliphatic heterocycles. The summed E-state index contributed by atoms with van der Waals surface area (Å²) in [5.74, 6) is -0.283. The van der Waals surface area contributed by atoms with E-state index in [4.69, 9.17) is 0 Å². The first-order valence-electron chi connectivity index (χ1n) is 11.5. The molecule has 3 aromatic rings. The smallest absolute Gasteiger partial charge is 0.293 e. The number of carbonyl (C=O) groups excluding carboxylic acids is 1. The molecule has 0 radical (unpaired) electrons. The van der Waals surface area contributed by atoms with Gasteiger partial charge < -0.3 is 10.6 Å². The number of likely N-dealkylation sites (tertiary alicyclic amines) is 1. The van der Waals surface area contributed by atoms with Crippen LogP contribution in [0.2, 0.25) is 0 Å². The Bertz CT molecular complexity index is 1120. The number of nitro benzene ring substituents is 1. The Morgan fingerprint density at radius 2 is 1.85 bits per heavy atom. The first-order chi connectivity index (χ1) is 16.5. The number of nitro groups is 1. The number of benzene rings is 2. The largest absolute Gasteiger partial charge is 0.371 e. The van der Waals surface area contributed by atoms with Crippen LogP contribution in [0, 0.1) is 10.1 Å². The van der Waals surface area contributed by atoms with E-state index in [1.165, 1.54) is 11.6 Å². The summed E-state index contributed by atoms with van der Waals surface area (Å²) in [6, 6.07) is 20.3. The van der Waals surface area contributed by atoms with Crippen molar-refractivity contribution in [2.45, 2.75) is 38.4 Å². The zero-order valence-electron chi connectivity index (χ0n) is 19.2. The summed E-state index contributed by atoms with van der Waals surface area (Å²) in [4.78, 5) is 30.7. The molecule has 0 aliphatic carbocycles. The van der Waals surface area contributed by atoms with E-state index >= 15 is 0 Å². The summed E-state index contributed by atoms with van der Waals surface area (Å²) < 4.78 is 0. The molecular formula is C26H29N5O3. The van der Waals surface area contributed by atoms with Crippen LogP contribution in [0.4, 0.5) is 11.4 Å². The van der Waals surface area contributed by atoms with Crippen LogP contribution in [0.3, 0.4) is 0 Å². The third-order valence-electron chi connectivity index (χ3n) is 6.13. The molecule has 1 aliphatic rings. The van der Waals surface area contributed by atoms with Gasteiger partial charge in [-0.25, -0.2) is 0 Å². The molecule has 2 N–H and O–H groups in total. The van der Waals surface area contributed by atoms with E-state index in [1.54, 1.807) is 18.3 Å². The van der Waals surface area contributed by atoms with Crippen LogP contribution in [-0.2, 0) is 6.54 Å². The third-order valence-corrected chi connectivity index (χ3v) is 6.13. The zero-order chi connectivity index (χ0) is 23.9. The molecule has 8 nitrogen and oxygen atoms in total. The Labute approximate surface area is 199 Å². The fraction of sp³-hybridized carbons (Fsp3) is 0.308. The standard InChI is InChI=1S/C26H29N5O3/c1-19(23-9-5-6-14-27-23)28-24-11-10-21(17-25(24)31(33)34)26(32)29-22-12-15-30(16-13-22)18-20-7-3-2-4-8-20/h2-11,14,17,19,22,28H,12-13,15-16,18H2,1H3,(H,29,32). The lowest BCUT2D eigenvalue weighted by atomic mass is 10.0. The highest BCUT2D eigenvalue weighted by Crippen LogP contribution is 2.29. The van der Waals surface area contributed by atoms with Crippen LogP contribution in [0.1, 0.15) is 47.4 Å². The summed E-state index contributed by atoms with van der Waals surface area (Å²) in [6.45, 7) is 4.58. The van der Waals surface area contributed by atoms with E-state index in [0.29, 0.717) is 5.69 Å². The van der Waals surface area contributed by atoms with Gasteiger partial charge in [0.1, 0.15) is 5.69 Å². The number of pyridine rings is 1. The van der Waals surface area contributed by atoms with Crippen molar-refractivity contribution in [1.82, 2.24) is 15.2 Å². The minimum Gasteiger partial charge on any atom is -0.371 e. The van der Waals surface area contributed by atoms with Crippen LogP contribution in [0.15, 0.2) is 72.9 Å². The van der Waals surface area contributed by atoms with E-state index in [0.717, 1.165) is 38.2 Å². The van der Waals surface area contributed by atoms with Crippen molar-refractivity contribution in [3.63, 3.8) is 0 Å². The number of carbonyl (C=O) groups is 1. The Kier molecular flexibility index (Phi) is 7.49. The number of anilines is 1. The van der Waals surface area contributed by atoms with E-state index in [1.807, 2.05) is 43.3 Å². The summed E-state index contributed by atoms with van der Waals surface area (Å²) >= 11 is 0. The Hall–Kier alpha value is -3.78. The van der Waals surface area contributed by atoms with Gasteiger partial charge in [-0.1, -0.05) is 36.4 Å². The van der Waals surface area contributed by atoms with Gasteiger partial charge in [0, 0.05) is 43.5 Å². The molecular weight excluding hydrogens is 430 g/mol. The third kappa shape index (κ3) is 5.96. The average molecular weight is 460 g/mol. The van der Waals surface area contributed by atoms with Gasteiger partial charge in [-0.05, 0) is 49.6 Å². The maximum absolute atomic E-state index is 12.8. The fourth-order valence-corrected chi connectivity index (χ4v) is 4.23. The molecule has 1 amide bonds. The Morgan fingerprint density at radius 1 is 1.12 bits per heavy atom. The zero-order valence-corrected chi connectivity index (χ0v) is 19.2. The first kappa shape index (κ1) is 23.4. The molecule has 0 spiro atoms. The van der Waals surface area contributed by atoms with Gasteiger partial charge in [-0.3, -0.25) is 24.8 Å². The molecule has 4 rings (SSSR count). The lowest BCUT2D eigenvalue weighted by molar-refractivity contribution is -0.384. The molecule has 1 unspecified atom stereocenters. The van der Waals surface area contributed by atoms with Crippen LogP contribution in [0.5, 0.6) is 0 Å². The highest BCUT2D eigenvalue weighted by Gasteiger charge is 2.23. The van der Waals surface area contributed by atoms with Gasteiger partial charge in [0.2, 0.25) is 0 Å². The number of rotatable bonds is 8. The highest BCUT2D eigenvalue weighted by atomic mass is 16.6. The molecule has 0 saturated carbocycles. The van der Waals surface area contributed by atoms with E-state index in [2.05, 4.69) is 32.7 Å². The number of aromatic nitrogens is 1. The first-order valence-corrected chi connectivity index (χ1v) is 11.5. The second-order valence-corrected chi connectivity index (χ2v) is 8.62. The normalized spacial score (nSPS) is 15.4. The molecule has 176 valence electrons. The molecule has 1 saturated heterocycles. The predicted molar refractivity (Wildman–Crippen MR) is 132 cm³/mol. The second kappa shape index (κ2) is 10.9. The lowest BCUT2D eigenvalue weighted by Crippen LogP contribution is -2.44. The van der Waals surface area contributed by atoms with Crippen LogP contribution in [-0.4, -0.2) is 39.8 Å². The van der Waals surface area contributed by atoms with Crippen LogP contribution < -0.4 is 10.6 Å². The number of hydrogen-bond donors (Lipinski definition) is 2. The minimum absolute atomic E-state index is 0.0561. The van der Waals surface area contributed by atoms with Crippen LogP contribution >= 0.6 is 0 Å². The van der Waals surface area contributed by atoms with Gasteiger partial charge in [0.05, 0.1) is 16.7 Å². The Morgan fingerprint density at radius 3 is 2.53 bits per heavy atom. The van der Waals surface area contributed by atoms with E-state index in [-0.39, 0.29) is 29.2 Å². The van der Waals surface area contributed by atoms with Crippen molar-refractivity contribution < 1.29 is 9.72 Å². The molecule has 0 bridgehead atoms. The molecule has 8 heteroatoms. The van der Waals surface area contributed by atoms with Crippen molar-refractivity contribution >= 4 is 17.3 Å².